The maximum absolute atomic E-state index is 12.7. The van der Waals surface area contributed by atoms with Gasteiger partial charge in [0.15, 0.2) is 0 Å². The monoisotopic (exact) mass is 310 g/mol. The highest BCUT2D eigenvalue weighted by Crippen LogP contribution is 2.07. The molecule has 1 aromatic heterocycles. The van der Waals surface area contributed by atoms with E-state index in [1.54, 1.807) is 18.3 Å². The molecule has 0 aliphatic carbocycles. The number of pyridine rings is 1. The van der Waals surface area contributed by atoms with Gasteiger partial charge in [-0.25, -0.2) is 4.39 Å². The largest absolute Gasteiger partial charge is 0.297 e. The van der Waals surface area contributed by atoms with Gasteiger partial charge in [0.2, 0.25) is 0 Å². The fourth-order valence-electron chi connectivity index (χ4n) is 1.35. The molecule has 0 aliphatic rings. The highest BCUT2D eigenvalue weighted by Gasteiger charge is 1.96. The molecule has 0 unspecified atom stereocenters. The molecule has 0 radical (unpaired) electrons. The van der Waals surface area contributed by atoms with E-state index in [-0.39, 0.29) is 5.82 Å². The van der Waals surface area contributed by atoms with E-state index in [2.05, 4.69) is 26.4 Å². The number of hydrogen-bond donors (Lipinski definition) is 1. The van der Waals surface area contributed by atoms with Crippen LogP contribution >= 0.6 is 15.9 Å². The van der Waals surface area contributed by atoms with Crippen LogP contribution in [0.1, 0.15) is 11.3 Å². The maximum atomic E-state index is 12.7. The predicted octanol–water partition coefficient (Wildman–Crippen LogP) is 3.20. The molecular weight excluding hydrogens is 299 g/mol. The molecule has 0 atom stereocenters. The summed E-state index contributed by atoms with van der Waals surface area (Å²) in [5, 5.41) is 0. The van der Waals surface area contributed by atoms with Crippen molar-refractivity contribution in [3.63, 3.8) is 0 Å². The number of nitrogens with one attached hydrogen (secondary N) is 1. The van der Waals surface area contributed by atoms with Crippen LogP contribution in [0.2, 0.25) is 0 Å². The lowest BCUT2D eigenvalue weighted by molar-refractivity contribution is 0.0228. The summed E-state index contributed by atoms with van der Waals surface area (Å²) in [6, 6.07) is 10.0. The number of aromatic nitrogens is 1. The molecule has 5 heteroatoms. The first kappa shape index (κ1) is 13.1. The predicted molar refractivity (Wildman–Crippen MR) is 70.0 cm³/mol. The zero-order chi connectivity index (χ0) is 12.8. The van der Waals surface area contributed by atoms with Crippen molar-refractivity contribution in [3.8, 4) is 0 Å². The Morgan fingerprint density at radius 2 is 1.94 bits per heavy atom. The van der Waals surface area contributed by atoms with Crippen LogP contribution in [0.5, 0.6) is 0 Å². The first-order valence-corrected chi connectivity index (χ1v) is 6.23. The zero-order valence-electron chi connectivity index (χ0n) is 9.57. The summed E-state index contributed by atoms with van der Waals surface area (Å²) in [5.74, 6) is -0.245. The molecule has 0 fully saturated rings. The molecule has 3 nitrogen and oxygen atoms in total. The molecule has 1 N–H and O–H groups in total. The van der Waals surface area contributed by atoms with Gasteiger partial charge in [0.1, 0.15) is 5.82 Å². The second-order valence-corrected chi connectivity index (χ2v) is 4.62. The van der Waals surface area contributed by atoms with Crippen LogP contribution in [0, 0.1) is 5.82 Å². The van der Waals surface area contributed by atoms with Gasteiger partial charge in [-0.1, -0.05) is 12.1 Å². The number of rotatable bonds is 5. The van der Waals surface area contributed by atoms with E-state index in [0.29, 0.717) is 13.2 Å². The summed E-state index contributed by atoms with van der Waals surface area (Å²) in [4.78, 5) is 9.47. The van der Waals surface area contributed by atoms with Gasteiger partial charge in [0.25, 0.3) is 0 Å². The summed E-state index contributed by atoms with van der Waals surface area (Å²) in [7, 11) is 0. The first-order valence-electron chi connectivity index (χ1n) is 5.43. The van der Waals surface area contributed by atoms with Gasteiger partial charge in [-0.2, -0.15) is 5.48 Å². The van der Waals surface area contributed by atoms with E-state index in [0.717, 1.165) is 15.7 Å². The smallest absolute Gasteiger partial charge is 0.123 e. The number of nitrogens with zero attached hydrogens (tertiary/aromatic N) is 1. The Balaban J connectivity index is 1.73. The SMILES string of the molecule is Fc1ccc(CONCc2ccc(Br)cn2)cc1. The lowest BCUT2D eigenvalue weighted by Gasteiger charge is -2.05. The summed E-state index contributed by atoms with van der Waals surface area (Å²) < 4.78 is 13.6. The van der Waals surface area contributed by atoms with Gasteiger partial charge in [-0.3, -0.25) is 9.82 Å². The van der Waals surface area contributed by atoms with Crippen LogP contribution in [0.3, 0.4) is 0 Å². The van der Waals surface area contributed by atoms with Crippen molar-refractivity contribution in [2.24, 2.45) is 0 Å². The third-order valence-electron chi connectivity index (χ3n) is 2.30. The summed E-state index contributed by atoms with van der Waals surface area (Å²) >= 11 is 3.32. The standard InChI is InChI=1S/C13H12BrFN2O/c14-11-3-6-13(16-7-11)8-17-18-9-10-1-4-12(15)5-2-10/h1-7,17H,8-9H2. The van der Waals surface area contributed by atoms with E-state index in [1.165, 1.54) is 12.1 Å². The molecular formula is C13H12BrFN2O. The Labute approximate surface area is 113 Å². The molecule has 0 bridgehead atoms. The van der Waals surface area contributed by atoms with Gasteiger partial charge < -0.3 is 0 Å². The first-order chi connectivity index (χ1) is 8.74. The number of hydroxylamine groups is 1. The Morgan fingerprint density at radius 1 is 1.17 bits per heavy atom. The Morgan fingerprint density at radius 3 is 2.61 bits per heavy atom. The molecule has 18 heavy (non-hydrogen) atoms. The summed E-state index contributed by atoms with van der Waals surface area (Å²) in [6.45, 7) is 0.908. The zero-order valence-corrected chi connectivity index (χ0v) is 11.2. The minimum atomic E-state index is -0.245. The Kier molecular flexibility index (Phi) is 4.81. The van der Waals surface area contributed by atoms with Crippen LogP contribution in [-0.2, 0) is 18.0 Å². The van der Waals surface area contributed by atoms with Crippen molar-refractivity contribution < 1.29 is 9.23 Å². The van der Waals surface area contributed by atoms with Gasteiger partial charge >= 0.3 is 0 Å². The molecule has 2 rings (SSSR count). The van der Waals surface area contributed by atoms with Crippen molar-refractivity contribution >= 4 is 15.9 Å². The molecule has 0 saturated heterocycles. The van der Waals surface area contributed by atoms with Gasteiger partial charge in [-0.05, 0) is 45.8 Å². The average molecular weight is 311 g/mol. The highest BCUT2D eigenvalue weighted by molar-refractivity contribution is 9.10. The fraction of sp³-hybridized carbons (Fsp3) is 0.154. The van der Waals surface area contributed by atoms with Crippen LogP contribution in [-0.4, -0.2) is 4.98 Å². The normalized spacial score (nSPS) is 10.6. The number of benzene rings is 1. The lowest BCUT2D eigenvalue weighted by Crippen LogP contribution is -2.14. The van der Waals surface area contributed by atoms with Crippen LogP contribution < -0.4 is 5.48 Å². The third-order valence-corrected chi connectivity index (χ3v) is 2.77. The molecule has 0 saturated carbocycles. The topological polar surface area (TPSA) is 34.1 Å². The van der Waals surface area contributed by atoms with Gasteiger partial charge in [0, 0.05) is 10.7 Å². The number of hydrogen-bond acceptors (Lipinski definition) is 3. The van der Waals surface area contributed by atoms with Crippen molar-refractivity contribution in [1.82, 2.24) is 10.5 Å². The molecule has 2 aromatic rings. The van der Waals surface area contributed by atoms with E-state index >= 15 is 0 Å². The molecule has 94 valence electrons. The quantitative estimate of drug-likeness (QED) is 0.680. The molecule has 0 aliphatic heterocycles. The molecule has 0 spiro atoms. The van der Waals surface area contributed by atoms with Crippen LogP contribution in [0.25, 0.3) is 0 Å². The van der Waals surface area contributed by atoms with Crippen molar-refractivity contribution in [1.29, 1.82) is 0 Å². The minimum absolute atomic E-state index is 0.245. The van der Waals surface area contributed by atoms with Crippen molar-refractivity contribution in [2.75, 3.05) is 0 Å². The minimum Gasteiger partial charge on any atom is -0.297 e. The van der Waals surface area contributed by atoms with E-state index < -0.39 is 0 Å². The second-order valence-electron chi connectivity index (χ2n) is 3.70. The van der Waals surface area contributed by atoms with E-state index in [9.17, 15) is 4.39 Å². The Bertz CT molecular complexity index is 440. The van der Waals surface area contributed by atoms with Crippen molar-refractivity contribution in [2.45, 2.75) is 13.2 Å². The molecule has 1 heterocycles. The van der Waals surface area contributed by atoms with Crippen LogP contribution in [0.15, 0.2) is 47.1 Å². The summed E-state index contributed by atoms with van der Waals surface area (Å²) in [6.07, 6.45) is 1.73. The maximum Gasteiger partial charge on any atom is 0.123 e. The second kappa shape index (κ2) is 6.58. The van der Waals surface area contributed by atoms with E-state index in [4.69, 9.17) is 4.84 Å². The highest BCUT2D eigenvalue weighted by atomic mass is 79.9. The summed E-state index contributed by atoms with van der Waals surface area (Å²) in [5.41, 5.74) is 4.61. The van der Waals surface area contributed by atoms with Crippen LogP contribution in [0.4, 0.5) is 4.39 Å². The lowest BCUT2D eigenvalue weighted by atomic mass is 10.2. The average Bonchev–Trinajstić information content (AvgIpc) is 2.39. The van der Waals surface area contributed by atoms with Crippen molar-refractivity contribution in [3.05, 3.63) is 64.1 Å². The molecule has 0 amide bonds. The van der Waals surface area contributed by atoms with Gasteiger partial charge in [0.05, 0.1) is 18.8 Å². The van der Waals surface area contributed by atoms with Gasteiger partial charge in [-0.15, -0.1) is 0 Å². The molecule has 1 aromatic carbocycles. The number of halogens is 2. The Hall–Kier alpha value is -1.30. The van der Waals surface area contributed by atoms with E-state index in [1.807, 2.05) is 12.1 Å². The third kappa shape index (κ3) is 4.18. The fourth-order valence-corrected chi connectivity index (χ4v) is 1.59.